The lowest BCUT2D eigenvalue weighted by atomic mass is 10.2. The summed E-state index contributed by atoms with van der Waals surface area (Å²) >= 11 is 0. The van der Waals surface area contributed by atoms with Crippen LogP contribution in [0.15, 0.2) is 0 Å². The molecule has 1 rings (SSSR count). The molecule has 6 nitrogen and oxygen atoms in total. The quantitative estimate of drug-likeness (QED) is 0.679. The van der Waals surface area contributed by atoms with Gasteiger partial charge in [0, 0.05) is 32.7 Å². The summed E-state index contributed by atoms with van der Waals surface area (Å²) < 4.78 is 0. The SMILES string of the molecule is CCC(C#N)N1CCN(CC(=O)NCCC#N)CC1. The van der Waals surface area contributed by atoms with Crippen LogP contribution >= 0.6 is 0 Å². The first kappa shape index (κ1) is 15.4. The first-order valence-electron chi connectivity index (χ1n) is 6.71. The number of carbonyl (C=O) groups excluding carboxylic acids is 1. The van der Waals surface area contributed by atoms with Crippen molar-refractivity contribution in [3.8, 4) is 12.1 Å². The Kier molecular flexibility index (Phi) is 6.88. The predicted molar refractivity (Wildman–Crippen MR) is 70.9 cm³/mol. The maximum atomic E-state index is 11.6. The molecule has 0 bridgehead atoms. The summed E-state index contributed by atoms with van der Waals surface area (Å²) in [5.74, 6) is -0.0315. The number of rotatable bonds is 6. The monoisotopic (exact) mass is 263 g/mol. The van der Waals surface area contributed by atoms with Gasteiger partial charge in [0.15, 0.2) is 0 Å². The maximum absolute atomic E-state index is 11.6. The molecule has 0 aliphatic carbocycles. The van der Waals surface area contributed by atoms with Gasteiger partial charge in [-0.15, -0.1) is 0 Å². The van der Waals surface area contributed by atoms with Crippen LogP contribution in [0, 0.1) is 22.7 Å². The van der Waals surface area contributed by atoms with Crippen molar-refractivity contribution in [1.29, 1.82) is 10.5 Å². The Balaban J connectivity index is 2.25. The second kappa shape index (κ2) is 8.47. The predicted octanol–water partition coefficient (Wildman–Crippen LogP) is -0.0639. The van der Waals surface area contributed by atoms with E-state index in [2.05, 4.69) is 21.2 Å². The third-order valence-corrected chi connectivity index (χ3v) is 3.31. The van der Waals surface area contributed by atoms with E-state index in [4.69, 9.17) is 10.5 Å². The first-order valence-corrected chi connectivity index (χ1v) is 6.71. The highest BCUT2D eigenvalue weighted by Crippen LogP contribution is 2.08. The van der Waals surface area contributed by atoms with E-state index in [1.807, 2.05) is 13.0 Å². The van der Waals surface area contributed by atoms with Crippen LogP contribution in [0.2, 0.25) is 0 Å². The van der Waals surface area contributed by atoms with E-state index in [-0.39, 0.29) is 11.9 Å². The molecule has 0 saturated carbocycles. The number of hydrogen-bond acceptors (Lipinski definition) is 5. The van der Waals surface area contributed by atoms with E-state index >= 15 is 0 Å². The molecule has 6 heteroatoms. The van der Waals surface area contributed by atoms with Crippen LogP contribution in [0.25, 0.3) is 0 Å². The van der Waals surface area contributed by atoms with Gasteiger partial charge in [-0.1, -0.05) is 6.92 Å². The number of nitriles is 2. The molecule has 0 aromatic carbocycles. The van der Waals surface area contributed by atoms with Crippen LogP contribution in [-0.2, 0) is 4.79 Å². The van der Waals surface area contributed by atoms with E-state index in [9.17, 15) is 4.79 Å². The Bertz CT molecular complexity index is 362. The van der Waals surface area contributed by atoms with E-state index in [0.29, 0.717) is 19.5 Å². The number of amides is 1. The van der Waals surface area contributed by atoms with E-state index in [1.165, 1.54) is 0 Å². The minimum Gasteiger partial charge on any atom is -0.354 e. The number of nitrogens with one attached hydrogen (secondary N) is 1. The van der Waals surface area contributed by atoms with Gasteiger partial charge in [0.1, 0.15) is 0 Å². The highest BCUT2D eigenvalue weighted by atomic mass is 16.2. The third kappa shape index (κ3) is 5.25. The van der Waals surface area contributed by atoms with Crippen molar-refractivity contribution in [2.24, 2.45) is 0 Å². The van der Waals surface area contributed by atoms with Crippen LogP contribution in [0.3, 0.4) is 0 Å². The Labute approximate surface area is 114 Å². The zero-order valence-electron chi connectivity index (χ0n) is 11.4. The summed E-state index contributed by atoms with van der Waals surface area (Å²) in [4.78, 5) is 15.8. The summed E-state index contributed by atoms with van der Waals surface area (Å²) in [6.45, 7) is 6.09. The van der Waals surface area contributed by atoms with E-state index in [0.717, 1.165) is 32.6 Å². The van der Waals surface area contributed by atoms with Gasteiger partial charge in [0.25, 0.3) is 0 Å². The zero-order valence-corrected chi connectivity index (χ0v) is 11.4. The van der Waals surface area contributed by atoms with Gasteiger partial charge in [-0.3, -0.25) is 14.6 Å². The van der Waals surface area contributed by atoms with Crippen LogP contribution in [0.1, 0.15) is 19.8 Å². The molecule has 104 valence electrons. The van der Waals surface area contributed by atoms with Gasteiger partial charge in [0.2, 0.25) is 5.91 Å². The maximum Gasteiger partial charge on any atom is 0.234 e. The fourth-order valence-corrected chi connectivity index (χ4v) is 2.18. The van der Waals surface area contributed by atoms with Gasteiger partial charge in [-0.05, 0) is 6.42 Å². The Morgan fingerprint density at radius 1 is 1.32 bits per heavy atom. The fraction of sp³-hybridized carbons (Fsp3) is 0.769. The molecule has 19 heavy (non-hydrogen) atoms. The molecule has 1 saturated heterocycles. The molecule has 1 N–H and O–H groups in total. The molecule has 0 aromatic rings. The van der Waals surface area contributed by atoms with E-state index < -0.39 is 0 Å². The standard InChI is InChI=1S/C13H21N5O/c1-2-12(10-15)18-8-6-17(7-9-18)11-13(19)16-5-3-4-14/h12H,2-3,5-9,11H2,1H3,(H,16,19). The topological polar surface area (TPSA) is 83.2 Å². The third-order valence-electron chi connectivity index (χ3n) is 3.31. The lowest BCUT2D eigenvalue weighted by Gasteiger charge is -2.36. The lowest BCUT2D eigenvalue weighted by Crippen LogP contribution is -2.52. The lowest BCUT2D eigenvalue weighted by molar-refractivity contribution is -0.122. The highest BCUT2D eigenvalue weighted by molar-refractivity contribution is 5.78. The van der Waals surface area contributed by atoms with Gasteiger partial charge in [-0.25, -0.2) is 0 Å². The zero-order chi connectivity index (χ0) is 14.1. The molecular weight excluding hydrogens is 242 g/mol. The molecule has 1 aliphatic rings. The van der Waals surface area contributed by atoms with Crippen molar-refractivity contribution in [2.45, 2.75) is 25.8 Å². The van der Waals surface area contributed by atoms with Crippen molar-refractivity contribution in [2.75, 3.05) is 39.3 Å². The van der Waals surface area contributed by atoms with E-state index in [1.54, 1.807) is 0 Å². The molecule has 0 aromatic heterocycles. The van der Waals surface area contributed by atoms with Crippen molar-refractivity contribution in [3.05, 3.63) is 0 Å². The minimum absolute atomic E-state index is 0.00777. The molecule has 1 aliphatic heterocycles. The molecule has 1 fully saturated rings. The molecule has 0 spiro atoms. The molecule has 1 atom stereocenters. The van der Waals surface area contributed by atoms with Crippen LogP contribution < -0.4 is 5.32 Å². The molecule has 0 radical (unpaired) electrons. The highest BCUT2D eigenvalue weighted by Gasteiger charge is 2.23. The summed E-state index contributed by atoms with van der Waals surface area (Å²) in [6, 6.07) is 4.29. The summed E-state index contributed by atoms with van der Waals surface area (Å²) in [7, 11) is 0. The first-order chi connectivity index (χ1) is 9.21. The second-order valence-electron chi connectivity index (χ2n) is 4.62. The molecular formula is C13H21N5O. The van der Waals surface area contributed by atoms with Gasteiger partial charge in [0.05, 0.1) is 31.1 Å². The summed E-state index contributed by atoms with van der Waals surface area (Å²) in [5.41, 5.74) is 0. The number of nitrogens with zero attached hydrogens (tertiary/aromatic N) is 4. The second-order valence-corrected chi connectivity index (χ2v) is 4.62. The van der Waals surface area contributed by atoms with Crippen molar-refractivity contribution in [1.82, 2.24) is 15.1 Å². The molecule has 1 unspecified atom stereocenters. The fourth-order valence-electron chi connectivity index (χ4n) is 2.18. The Hall–Kier alpha value is -1.63. The van der Waals surface area contributed by atoms with Crippen LogP contribution in [0.4, 0.5) is 0 Å². The van der Waals surface area contributed by atoms with Crippen molar-refractivity contribution >= 4 is 5.91 Å². The number of carbonyl (C=O) groups is 1. The van der Waals surface area contributed by atoms with Crippen molar-refractivity contribution < 1.29 is 4.79 Å². The van der Waals surface area contributed by atoms with Crippen molar-refractivity contribution in [3.63, 3.8) is 0 Å². The number of piperazine rings is 1. The molecule has 1 heterocycles. The smallest absolute Gasteiger partial charge is 0.234 e. The normalized spacial score (nSPS) is 18.3. The van der Waals surface area contributed by atoms with Crippen LogP contribution in [0.5, 0.6) is 0 Å². The minimum atomic E-state index is -0.0315. The average Bonchev–Trinajstić information content (AvgIpc) is 2.42. The summed E-state index contributed by atoms with van der Waals surface area (Å²) in [5, 5.41) is 20.1. The van der Waals surface area contributed by atoms with Gasteiger partial charge in [-0.2, -0.15) is 10.5 Å². The average molecular weight is 263 g/mol. The Morgan fingerprint density at radius 3 is 2.53 bits per heavy atom. The Morgan fingerprint density at radius 2 is 2.00 bits per heavy atom. The molecule has 1 amide bonds. The van der Waals surface area contributed by atoms with Gasteiger partial charge < -0.3 is 5.32 Å². The largest absolute Gasteiger partial charge is 0.354 e. The number of hydrogen-bond donors (Lipinski definition) is 1. The van der Waals surface area contributed by atoms with Gasteiger partial charge >= 0.3 is 0 Å². The van der Waals surface area contributed by atoms with Crippen LogP contribution in [-0.4, -0.2) is 61.0 Å². The summed E-state index contributed by atoms with van der Waals surface area (Å²) in [6.07, 6.45) is 1.19.